The molecule has 0 aliphatic rings. The number of anilines is 2. The van der Waals surface area contributed by atoms with E-state index in [1.54, 1.807) is 36.6 Å². The van der Waals surface area contributed by atoms with E-state index in [4.69, 9.17) is 16.0 Å². The fraction of sp³-hybridized carbons (Fsp3) is 0.0714. The molecule has 0 saturated heterocycles. The number of carbonyl (C=O) groups excluding carboxylic acids is 1. The molecule has 0 bridgehead atoms. The highest BCUT2D eigenvalue weighted by atomic mass is 35.5. The molecule has 112 valence electrons. The van der Waals surface area contributed by atoms with Gasteiger partial charge in [0, 0.05) is 10.7 Å². The molecule has 7 nitrogen and oxygen atoms in total. The summed E-state index contributed by atoms with van der Waals surface area (Å²) in [4.78, 5) is 12.1. The molecule has 8 heteroatoms. The molecular weight excluding hydrogens is 306 g/mol. The number of aromatic amines is 1. The fourth-order valence-corrected chi connectivity index (χ4v) is 2.03. The number of rotatable bonds is 5. The molecule has 3 rings (SSSR count). The van der Waals surface area contributed by atoms with Crippen LogP contribution in [0.2, 0.25) is 5.02 Å². The van der Waals surface area contributed by atoms with Crippen LogP contribution in [0, 0.1) is 0 Å². The second-order valence-corrected chi connectivity index (χ2v) is 4.85. The summed E-state index contributed by atoms with van der Waals surface area (Å²) in [6, 6.07) is 10.6. The summed E-state index contributed by atoms with van der Waals surface area (Å²) in [5.41, 5.74) is 0.869. The van der Waals surface area contributed by atoms with Gasteiger partial charge in [0.15, 0.2) is 11.5 Å². The summed E-state index contributed by atoms with van der Waals surface area (Å²) >= 11 is 5.92. The van der Waals surface area contributed by atoms with Crippen LogP contribution < -0.4 is 10.6 Å². The summed E-state index contributed by atoms with van der Waals surface area (Å²) in [5, 5.41) is 16.5. The first kappa shape index (κ1) is 14.2. The van der Waals surface area contributed by atoms with Crippen LogP contribution in [0.3, 0.4) is 0 Å². The Bertz CT molecular complexity index is 769. The van der Waals surface area contributed by atoms with Gasteiger partial charge in [0.05, 0.1) is 12.8 Å². The first-order valence-electron chi connectivity index (χ1n) is 6.46. The Kier molecular flexibility index (Phi) is 4.06. The highest BCUT2D eigenvalue weighted by Crippen LogP contribution is 2.20. The van der Waals surface area contributed by atoms with Crippen molar-refractivity contribution in [2.75, 3.05) is 5.32 Å². The molecule has 0 fully saturated rings. The molecule has 0 aliphatic heterocycles. The number of hydrogen-bond acceptors (Lipinski definition) is 5. The predicted molar refractivity (Wildman–Crippen MR) is 81.0 cm³/mol. The smallest absolute Gasteiger partial charge is 0.276 e. The maximum absolute atomic E-state index is 12.1. The standard InChI is InChI=1S/C14H12ClN5O2/c15-9-3-1-4-10(7-9)17-13-12(18-20-19-13)14(21)16-8-11-5-2-6-22-11/h1-7H,8H2,(H,16,21)(H2,17,18,19,20). The number of benzene rings is 1. The largest absolute Gasteiger partial charge is 0.467 e. The van der Waals surface area contributed by atoms with E-state index < -0.39 is 0 Å². The molecule has 1 aromatic carbocycles. The van der Waals surface area contributed by atoms with Gasteiger partial charge >= 0.3 is 0 Å². The predicted octanol–water partition coefficient (Wildman–Crippen LogP) is 2.72. The van der Waals surface area contributed by atoms with Crippen molar-refractivity contribution in [2.24, 2.45) is 0 Å². The highest BCUT2D eigenvalue weighted by molar-refractivity contribution is 6.30. The topological polar surface area (TPSA) is 95.8 Å². The first-order chi connectivity index (χ1) is 10.7. The molecule has 0 atom stereocenters. The number of carbonyl (C=O) groups is 1. The first-order valence-corrected chi connectivity index (χ1v) is 6.84. The maximum Gasteiger partial charge on any atom is 0.276 e. The number of hydrogen-bond donors (Lipinski definition) is 3. The Labute approximate surface area is 130 Å². The van der Waals surface area contributed by atoms with Gasteiger partial charge in [-0.3, -0.25) is 4.79 Å². The van der Waals surface area contributed by atoms with Crippen LogP contribution in [-0.2, 0) is 6.54 Å². The van der Waals surface area contributed by atoms with Crippen LogP contribution in [0.1, 0.15) is 16.2 Å². The van der Waals surface area contributed by atoms with E-state index >= 15 is 0 Å². The highest BCUT2D eigenvalue weighted by Gasteiger charge is 2.16. The van der Waals surface area contributed by atoms with E-state index in [0.717, 1.165) is 0 Å². The van der Waals surface area contributed by atoms with Crippen molar-refractivity contribution in [3.05, 3.63) is 59.1 Å². The average Bonchev–Trinajstić information content (AvgIpc) is 3.16. The molecule has 0 aliphatic carbocycles. The summed E-state index contributed by atoms with van der Waals surface area (Å²) in [6.07, 6.45) is 1.55. The van der Waals surface area contributed by atoms with Gasteiger partial charge < -0.3 is 15.1 Å². The molecule has 3 aromatic rings. The summed E-state index contributed by atoms with van der Waals surface area (Å²) in [5.74, 6) is 0.607. The summed E-state index contributed by atoms with van der Waals surface area (Å²) in [6.45, 7) is 0.273. The molecule has 1 amide bonds. The zero-order valence-electron chi connectivity index (χ0n) is 11.3. The molecule has 0 radical (unpaired) electrons. The van der Waals surface area contributed by atoms with Gasteiger partial charge in [-0.15, -0.1) is 10.2 Å². The van der Waals surface area contributed by atoms with Gasteiger partial charge in [-0.2, -0.15) is 5.21 Å². The fourth-order valence-electron chi connectivity index (χ4n) is 1.84. The van der Waals surface area contributed by atoms with E-state index in [2.05, 4.69) is 26.0 Å². The van der Waals surface area contributed by atoms with Crippen molar-refractivity contribution >= 4 is 29.0 Å². The van der Waals surface area contributed by atoms with Crippen LogP contribution in [0.15, 0.2) is 47.1 Å². The zero-order chi connectivity index (χ0) is 15.4. The van der Waals surface area contributed by atoms with Crippen LogP contribution in [0.4, 0.5) is 11.5 Å². The Balaban J connectivity index is 1.70. The van der Waals surface area contributed by atoms with Gasteiger partial charge in [0.2, 0.25) is 0 Å². The van der Waals surface area contributed by atoms with Gasteiger partial charge in [-0.25, -0.2) is 0 Å². The van der Waals surface area contributed by atoms with Crippen LogP contribution in [-0.4, -0.2) is 21.3 Å². The number of amides is 1. The minimum absolute atomic E-state index is 0.159. The second-order valence-electron chi connectivity index (χ2n) is 4.42. The molecule has 2 aromatic heterocycles. The Hall–Kier alpha value is -2.80. The Morgan fingerprint density at radius 1 is 1.27 bits per heavy atom. The maximum atomic E-state index is 12.1. The van der Waals surface area contributed by atoms with Gasteiger partial charge in [-0.05, 0) is 30.3 Å². The van der Waals surface area contributed by atoms with Crippen molar-refractivity contribution in [3.63, 3.8) is 0 Å². The number of furan rings is 1. The lowest BCUT2D eigenvalue weighted by molar-refractivity contribution is 0.0944. The van der Waals surface area contributed by atoms with E-state index in [1.165, 1.54) is 0 Å². The Morgan fingerprint density at radius 3 is 2.95 bits per heavy atom. The zero-order valence-corrected chi connectivity index (χ0v) is 12.1. The number of nitrogens with zero attached hydrogens (tertiary/aromatic N) is 2. The third-order valence-electron chi connectivity index (χ3n) is 2.85. The molecule has 0 saturated carbocycles. The summed E-state index contributed by atoms with van der Waals surface area (Å²) in [7, 11) is 0. The van der Waals surface area contributed by atoms with Gasteiger partial charge in [-0.1, -0.05) is 17.7 Å². The van der Waals surface area contributed by atoms with Crippen LogP contribution in [0.25, 0.3) is 0 Å². The minimum Gasteiger partial charge on any atom is -0.467 e. The number of H-pyrrole nitrogens is 1. The SMILES string of the molecule is O=C(NCc1ccco1)c1n[nH]nc1Nc1cccc(Cl)c1. The van der Waals surface area contributed by atoms with Crippen LogP contribution in [0.5, 0.6) is 0 Å². The molecule has 2 heterocycles. The van der Waals surface area contributed by atoms with Crippen LogP contribution >= 0.6 is 11.6 Å². The van der Waals surface area contributed by atoms with Crippen molar-refractivity contribution in [2.45, 2.75) is 6.54 Å². The summed E-state index contributed by atoms with van der Waals surface area (Å²) < 4.78 is 5.15. The third-order valence-corrected chi connectivity index (χ3v) is 3.09. The number of nitrogens with one attached hydrogen (secondary N) is 3. The van der Waals surface area contributed by atoms with Crippen molar-refractivity contribution in [3.8, 4) is 0 Å². The molecular formula is C14H12ClN5O2. The number of halogens is 1. The average molecular weight is 318 g/mol. The molecule has 0 unspecified atom stereocenters. The molecule has 0 spiro atoms. The second kappa shape index (κ2) is 6.31. The third kappa shape index (κ3) is 3.26. The van der Waals surface area contributed by atoms with Crippen molar-refractivity contribution < 1.29 is 9.21 Å². The number of aromatic nitrogens is 3. The quantitative estimate of drug-likeness (QED) is 0.672. The monoisotopic (exact) mass is 317 g/mol. The van der Waals surface area contributed by atoms with E-state index in [0.29, 0.717) is 22.3 Å². The van der Waals surface area contributed by atoms with E-state index in [1.807, 2.05) is 6.07 Å². The lowest BCUT2D eigenvalue weighted by Gasteiger charge is -2.05. The van der Waals surface area contributed by atoms with E-state index in [-0.39, 0.29) is 18.1 Å². The van der Waals surface area contributed by atoms with Gasteiger partial charge in [0.25, 0.3) is 5.91 Å². The normalized spacial score (nSPS) is 10.4. The molecule has 22 heavy (non-hydrogen) atoms. The lowest BCUT2D eigenvalue weighted by atomic mass is 10.3. The lowest BCUT2D eigenvalue weighted by Crippen LogP contribution is -2.23. The van der Waals surface area contributed by atoms with Crippen molar-refractivity contribution in [1.29, 1.82) is 0 Å². The Morgan fingerprint density at radius 2 is 2.18 bits per heavy atom. The van der Waals surface area contributed by atoms with Gasteiger partial charge in [0.1, 0.15) is 5.76 Å². The van der Waals surface area contributed by atoms with E-state index in [9.17, 15) is 4.79 Å². The minimum atomic E-state index is -0.366. The molecule has 3 N–H and O–H groups in total. The van der Waals surface area contributed by atoms with Crippen molar-refractivity contribution in [1.82, 2.24) is 20.7 Å².